The molecule has 1 aliphatic rings. The summed E-state index contributed by atoms with van der Waals surface area (Å²) in [4.78, 5) is 25.2. The molecule has 1 aliphatic heterocycles. The molecule has 0 spiro atoms. The molecule has 0 radical (unpaired) electrons. The van der Waals surface area contributed by atoms with E-state index in [4.69, 9.17) is 4.74 Å². The zero-order valence-electron chi connectivity index (χ0n) is 12.7. The molecule has 1 N–H and O–H groups in total. The first-order valence-corrected chi connectivity index (χ1v) is 7.54. The number of amides is 2. The van der Waals surface area contributed by atoms with E-state index in [2.05, 4.69) is 5.32 Å². The summed E-state index contributed by atoms with van der Waals surface area (Å²) in [6, 6.07) is 5.61. The Morgan fingerprint density at radius 2 is 1.91 bits per heavy atom. The summed E-state index contributed by atoms with van der Waals surface area (Å²) in [5.74, 6) is 0.0686. The normalized spacial score (nSPS) is 15.5. The minimum Gasteiger partial charge on any atom is -0.484 e. The van der Waals surface area contributed by atoms with Crippen molar-refractivity contribution < 1.29 is 18.7 Å². The average Bonchev–Trinajstić information content (AvgIpc) is 2.54. The number of nitrogens with zero attached hydrogens (tertiary/aromatic N) is 1. The lowest BCUT2D eigenvalue weighted by Crippen LogP contribution is -2.47. The molecule has 22 heavy (non-hydrogen) atoms. The van der Waals surface area contributed by atoms with Gasteiger partial charge in [0.2, 0.25) is 5.91 Å². The molecule has 6 heteroatoms. The zero-order chi connectivity index (χ0) is 15.9. The first-order valence-electron chi connectivity index (χ1n) is 7.54. The minimum absolute atomic E-state index is 0.0743. The maximum absolute atomic E-state index is 12.7. The Kier molecular flexibility index (Phi) is 5.75. The number of rotatable bonds is 5. The van der Waals surface area contributed by atoms with E-state index in [0.29, 0.717) is 25.3 Å². The number of ether oxygens (including phenoxy) is 1. The third kappa shape index (κ3) is 4.72. The molecular formula is C16H21FN2O3. The van der Waals surface area contributed by atoms with E-state index in [9.17, 15) is 14.0 Å². The first-order chi connectivity index (χ1) is 10.6. The molecule has 2 amide bonds. The Bertz CT molecular complexity index is 511. The van der Waals surface area contributed by atoms with Gasteiger partial charge >= 0.3 is 0 Å². The lowest BCUT2D eigenvalue weighted by Gasteiger charge is -2.32. The Balaban J connectivity index is 1.69. The summed E-state index contributed by atoms with van der Waals surface area (Å²) < 4.78 is 18.0. The van der Waals surface area contributed by atoms with E-state index in [1.165, 1.54) is 24.3 Å². The number of halogens is 1. The van der Waals surface area contributed by atoms with Crippen LogP contribution >= 0.6 is 0 Å². The SMILES string of the molecule is CCC(=O)N1CCC(NC(=O)COc2ccc(F)cc2)CC1. The maximum Gasteiger partial charge on any atom is 0.258 e. The first kappa shape index (κ1) is 16.3. The van der Waals surface area contributed by atoms with Crippen molar-refractivity contribution in [2.45, 2.75) is 32.2 Å². The standard InChI is InChI=1S/C16H21FN2O3/c1-2-16(21)19-9-7-13(8-10-19)18-15(20)11-22-14-5-3-12(17)4-6-14/h3-6,13H,2,7-11H2,1H3,(H,18,20). The van der Waals surface area contributed by atoms with Gasteiger partial charge in [-0.05, 0) is 37.1 Å². The second-order valence-corrected chi connectivity index (χ2v) is 5.32. The molecule has 0 aliphatic carbocycles. The number of piperidine rings is 1. The van der Waals surface area contributed by atoms with Gasteiger partial charge in [-0.3, -0.25) is 9.59 Å². The number of hydrogen-bond donors (Lipinski definition) is 1. The van der Waals surface area contributed by atoms with Gasteiger partial charge in [-0.2, -0.15) is 0 Å². The highest BCUT2D eigenvalue weighted by atomic mass is 19.1. The van der Waals surface area contributed by atoms with E-state index >= 15 is 0 Å². The van der Waals surface area contributed by atoms with Crippen LogP contribution in [0, 0.1) is 5.82 Å². The Morgan fingerprint density at radius 3 is 2.50 bits per heavy atom. The molecule has 1 heterocycles. The van der Waals surface area contributed by atoms with E-state index in [1.54, 1.807) is 0 Å². The number of benzene rings is 1. The predicted molar refractivity (Wildman–Crippen MR) is 79.9 cm³/mol. The highest BCUT2D eigenvalue weighted by Gasteiger charge is 2.22. The van der Waals surface area contributed by atoms with Crippen molar-refractivity contribution >= 4 is 11.8 Å². The summed E-state index contributed by atoms with van der Waals surface area (Å²) in [6.07, 6.45) is 2.03. The van der Waals surface area contributed by atoms with Crippen molar-refractivity contribution in [1.29, 1.82) is 0 Å². The maximum atomic E-state index is 12.7. The van der Waals surface area contributed by atoms with Gasteiger partial charge in [0, 0.05) is 25.6 Å². The Morgan fingerprint density at radius 1 is 1.27 bits per heavy atom. The van der Waals surface area contributed by atoms with Crippen LogP contribution < -0.4 is 10.1 Å². The quantitative estimate of drug-likeness (QED) is 0.901. The highest BCUT2D eigenvalue weighted by molar-refractivity contribution is 5.78. The predicted octanol–water partition coefficient (Wildman–Crippen LogP) is 1.72. The van der Waals surface area contributed by atoms with Crippen LogP contribution in [0.2, 0.25) is 0 Å². The van der Waals surface area contributed by atoms with Crippen molar-refractivity contribution in [2.24, 2.45) is 0 Å². The topological polar surface area (TPSA) is 58.6 Å². The number of likely N-dealkylation sites (tertiary alicyclic amines) is 1. The molecule has 120 valence electrons. The number of nitrogens with one attached hydrogen (secondary N) is 1. The van der Waals surface area contributed by atoms with E-state index in [0.717, 1.165) is 12.8 Å². The van der Waals surface area contributed by atoms with E-state index < -0.39 is 0 Å². The number of carbonyl (C=O) groups excluding carboxylic acids is 2. The summed E-state index contributed by atoms with van der Waals surface area (Å²) in [6.45, 7) is 3.11. The second kappa shape index (κ2) is 7.77. The van der Waals surface area contributed by atoms with Gasteiger partial charge in [0.25, 0.3) is 5.91 Å². The minimum atomic E-state index is -0.342. The second-order valence-electron chi connectivity index (χ2n) is 5.32. The molecule has 0 aromatic heterocycles. The third-order valence-corrected chi connectivity index (χ3v) is 3.70. The highest BCUT2D eigenvalue weighted by Crippen LogP contribution is 2.12. The van der Waals surface area contributed by atoms with Crippen LogP contribution in [0.5, 0.6) is 5.75 Å². The van der Waals surface area contributed by atoms with Crippen molar-refractivity contribution in [3.8, 4) is 5.75 Å². The van der Waals surface area contributed by atoms with Crippen molar-refractivity contribution in [3.63, 3.8) is 0 Å². The molecule has 0 unspecified atom stereocenters. The van der Waals surface area contributed by atoms with Gasteiger partial charge in [0.05, 0.1) is 0 Å². The van der Waals surface area contributed by atoms with Crippen molar-refractivity contribution in [3.05, 3.63) is 30.1 Å². The molecule has 0 saturated carbocycles. The Labute approximate surface area is 129 Å². The molecule has 2 rings (SSSR count). The van der Waals surface area contributed by atoms with Gasteiger partial charge in [-0.15, -0.1) is 0 Å². The summed E-state index contributed by atoms with van der Waals surface area (Å²) >= 11 is 0. The van der Waals surface area contributed by atoms with Crippen LogP contribution in [-0.4, -0.2) is 42.5 Å². The van der Waals surface area contributed by atoms with Crippen molar-refractivity contribution in [2.75, 3.05) is 19.7 Å². The fourth-order valence-corrected chi connectivity index (χ4v) is 2.45. The van der Waals surface area contributed by atoms with Crippen LogP contribution in [0.15, 0.2) is 24.3 Å². The monoisotopic (exact) mass is 308 g/mol. The Hall–Kier alpha value is -2.11. The summed E-state index contributed by atoms with van der Waals surface area (Å²) in [5.41, 5.74) is 0. The van der Waals surface area contributed by atoms with E-state index in [1.807, 2.05) is 11.8 Å². The van der Waals surface area contributed by atoms with Crippen LogP contribution in [0.25, 0.3) is 0 Å². The van der Waals surface area contributed by atoms with Gasteiger partial charge in [0.15, 0.2) is 6.61 Å². The molecule has 1 aromatic rings. The summed E-state index contributed by atoms with van der Waals surface area (Å²) in [5, 5.41) is 2.90. The van der Waals surface area contributed by atoms with E-state index in [-0.39, 0.29) is 30.3 Å². The van der Waals surface area contributed by atoms with Crippen LogP contribution in [0.1, 0.15) is 26.2 Å². The molecular weight excluding hydrogens is 287 g/mol. The molecule has 0 atom stereocenters. The lowest BCUT2D eigenvalue weighted by molar-refractivity contribution is -0.132. The molecule has 1 saturated heterocycles. The van der Waals surface area contributed by atoms with Gasteiger partial charge in [-0.25, -0.2) is 4.39 Å². The summed E-state index contributed by atoms with van der Waals surface area (Å²) in [7, 11) is 0. The van der Waals surface area contributed by atoms with Crippen LogP contribution in [0.4, 0.5) is 4.39 Å². The molecule has 1 fully saturated rings. The average molecular weight is 308 g/mol. The van der Waals surface area contributed by atoms with Crippen LogP contribution in [-0.2, 0) is 9.59 Å². The number of hydrogen-bond acceptors (Lipinski definition) is 3. The fraction of sp³-hybridized carbons (Fsp3) is 0.500. The third-order valence-electron chi connectivity index (χ3n) is 3.70. The van der Waals surface area contributed by atoms with Crippen LogP contribution in [0.3, 0.4) is 0 Å². The largest absolute Gasteiger partial charge is 0.484 e. The molecule has 0 bridgehead atoms. The van der Waals surface area contributed by atoms with Gasteiger partial charge < -0.3 is 15.0 Å². The van der Waals surface area contributed by atoms with Gasteiger partial charge in [-0.1, -0.05) is 6.92 Å². The number of carbonyl (C=O) groups is 2. The fourth-order valence-electron chi connectivity index (χ4n) is 2.45. The smallest absolute Gasteiger partial charge is 0.258 e. The van der Waals surface area contributed by atoms with Gasteiger partial charge in [0.1, 0.15) is 11.6 Å². The molecule has 5 nitrogen and oxygen atoms in total. The van der Waals surface area contributed by atoms with Crippen molar-refractivity contribution in [1.82, 2.24) is 10.2 Å². The zero-order valence-corrected chi connectivity index (χ0v) is 12.7. The lowest BCUT2D eigenvalue weighted by atomic mass is 10.0. The molecule has 1 aromatic carbocycles.